The van der Waals surface area contributed by atoms with Crippen LogP contribution < -0.4 is 15.8 Å². The van der Waals surface area contributed by atoms with Crippen LogP contribution in [0.15, 0.2) is 30.3 Å². The molecule has 5 heteroatoms. The predicted molar refractivity (Wildman–Crippen MR) is 73.8 cm³/mol. The lowest BCUT2D eigenvalue weighted by molar-refractivity contribution is -0.121. The molecule has 19 heavy (non-hydrogen) atoms. The second-order valence-corrected chi connectivity index (χ2v) is 4.81. The lowest BCUT2D eigenvalue weighted by atomic mass is 10.0. The number of rotatable bonds is 8. The predicted octanol–water partition coefficient (Wildman–Crippen LogP) is 0.526. The van der Waals surface area contributed by atoms with Crippen LogP contribution >= 0.6 is 0 Å². The first-order valence-corrected chi connectivity index (χ1v) is 6.39. The zero-order valence-corrected chi connectivity index (χ0v) is 11.4. The Kier molecular flexibility index (Phi) is 6.32. The van der Waals surface area contributed by atoms with E-state index in [9.17, 15) is 9.90 Å². The fourth-order valence-electron chi connectivity index (χ4n) is 1.70. The van der Waals surface area contributed by atoms with Crippen LogP contribution in [0.2, 0.25) is 0 Å². The number of amides is 1. The molecular weight excluding hydrogens is 244 g/mol. The minimum Gasteiger partial charge on any atom is -0.491 e. The van der Waals surface area contributed by atoms with E-state index < -0.39 is 18.1 Å². The van der Waals surface area contributed by atoms with Crippen molar-refractivity contribution in [1.29, 1.82) is 0 Å². The molecule has 1 amide bonds. The highest BCUT2D eigenvalue weighted by molar-refractivity contribution is 5.80. The van der Waals surface area contributed by atoms with Crippen LogP contribution in [-0.2, 0) is 4.79 Å². The van der Waals surface area contributed by atoms with Gasteiger partial charge in [0.25, 0.3) is 0 Å². The van der Waals surface area contributed by atoms with Gasteiger partial charge in [0.05, 0.1) is 6.04 Å². The van der Waals surface area contributed by atoms with Crippen LogP contribution in [-0.4, -0.2) is 36.3 Å². The number of hydrogen-bond acceptors (Lipinski definition) is 4. The molecule has 0 aliphatic heterocycles. The van der Waals surface area contributed by atoms with Crippen LogP contribution in [0, 0.1) is 5.92 Å². The molecule has 0 aliphatic rings. The van der Waals surface area contributed by atoms with Crippen LogP contribution in [0.1, 0.15) is 13.8 Å². The average Bonchev–Trinajstić information content (AvgIpc) is 2.37. The van der Waals surface area contributed by atoms with E-state index in [1.807, 2.05) is 44.2 Å². The zero-order chi connectivity index (χ0) is 14.3. The standard InChI is InChI=1S/C14H22N2O3/c1-10(2)13(14(15)18)16-8-11(17)9-19-12-6-4-3-5-7-12/h3-7,10-11,13,16-17H,8-9H2,1-2H3,(H2,15,18). The number of hydrogen-bond donors (Lipinski definition) is 3. The Hall–Kier alpha value is -1.59. The van der Waals surface area contributed by atoms with E-state index in [0.717, 1.165) is 0 Å². The van der Waals surface area contributed by atoms with Gasteiger partial charge >= 0.3 is 0 Å². The normalized spacial score (nSPS) is 14.1. The topological polar surface area (TPSA) is 84.6 Å². The van der Waals surface area contributed by atoms with Gasteiger partial charge < -0.3 is 20.9 Å². The molecular formula is C14H22N2O3. The largest absolute Gasteiger partial charge is 0.491 e. The maximum absolute atomic E-state index is 11.2. The van der Waals surface area contributed by atoms with Gasteiger partial charge in [-0.1, -0.05) is 32.0 Å². The van der Waals surface area contributed by atoms with Crippen molar-refractivity contribution in [3.05, 3.63) is 30.3 Å². The number of nitrogens with one attached hydrogen (secondary N) is 1. The lowest BCUT2D eigenvalue weighted by Gasteiger charge is -2.21. The monoisotopic (exact) mass is 266 g/mol. The summed E-state index contributed by atoms with van der Waals surface area (Å²) in [6.45, 7) is 4.23. The molecule has 106 valence electrons. The van der Waals surface area contributed by atoms with Crippen molar-refractivity contribution >= 4 is 5.91 Å². The Morgan fingerprint density at radius 2 is 2.00 bits per heavy atom. The molecule has 0 heterocycles. The second kappa shape index (κ2) is 7.76. The second-order valence-electron chi connectivity index (χ2n) is 4.81. The van der Waals surface area contributed by atoms with Crippen molar-refractivity contribution in [1.82, 2.24) is 5.32 Å². The number of aliphatic hydroxyl groups excluding tert-OH is 1. The first kappa shape index (κ1) is 15.5. The van der Waals surface area contributed by atoms with Crippen LogP contribution in [0.5, 0.6) is 5.75 Å². The zero-order valence-electron chi connectivity index (χ0n) is 11.4. The van der Waals surface area contributed by atoms with Crippen molar-refractivity contribution < 1.29 is 14.6 Å². The molecule has 2 atom stereocenters. The molecule has 0 bridgehead atoms. The molecule has 0 aliphatic carbocycles. The molecule has 0 aromatic heterocycles. The van der Waals surface area contributed by atoms with Gasteiger partial charge in [0.2, 0.25) is 5.91 Å². The first-order chi connectivity index (χ1) is 9.00. The van der Waals surface area contributed by atoms with Gasteiger partial charge in [-0.25, -0.2) is 0 Å². The van der Waals surface area contributed by atoms with E-state index in [1.165, 1.54) is 0 Å². The number of primary amides is 1. The van der Waals surface area contributed by atoms with Gasteiger partial charge in [-0.15, -0.1) is 0 Å². The van der Waals surface area contributed by atoms with Crippen LogP contribution in [0.3, 0.4) is 0 Å². The van der Waals surface area contributed by atoms with E-state index in [-0.39, 0.29) is 19.1 Å². The maximum Gasteiger partial charge on any atom is 0.234 e. The molecule has 1 rings (SSSR count). The SMILES string of the molecule is CC(C)C(NCC(O)COc1ccccc1)C(N)=O. The summed E-state index contributed by atoms with van der Waals surface area (Å²) >= 11 is 0. The summed E-state index contributed by atoms with van der Waals surface area (Å²) in [5.41, 5.74) is 5.27. The van der Waals surface area contributed by atoms with Gasteiger partial charge in [-0.2, -0.15) is 0 Å². The van der Waals surface area contributed by atoms with Gasteiger partial charge in [-0.05, 0) is 18.1 Å². The van der Waals surface area contributed by atoms with Gasteiger partial charge in [0.1, 0.15) is 18.5 Å². The maximum atomic E-state index is 11.2. The summed E-state index contributed by atoms with van der Waals surface area (Å²) in [6, 6.07) is 8.82. The number of benzene rings is 1. The van der Waals surface area contributed by atoms with Gasteiger partial charge in [0, 0.05) is 6.54 Å². The summed E-state index contributed by atoms with van der Waals surface area (Å²) in [5, 5.41) is 12.7. The molecule has 1 aromatic rings. The van der Waals surface area contributed by atoms with Crippen molar-refractivity contribution in [2.24, 2.45) is 11.7 Å². The van der Waals surface area contributed by atoms with E-state index in [0.29, 0.717) is 5.75 Å². The lowest BCUT2D eigenvalue weighted by Crippen LogP contribution is -2.48. The fraction of sp³-hybridized carbons (Fsp3) is 0.500. The third kappa shape index (κ3) is 5.72. The van der Waals surface area contributed by atoms with E-state index in [1.54, 1.807) is 0 Å². The van der Waals surface area contributed by atoms with Crippen molar-refractivity contribution in [2.45, 2.75) is 26.0 Å². The van der Waals surface area contributed by atoms with Crippen molar-refractivity contribution in [3.8, 4) is 5.75 Å². The van der Waals surface area contributed by atoms with Crippen LogP contribution in [0.4, 0.5) is 0 Å². The van der Waals surface area contributed by atoms with Crippen LogP contribution in [0.25, 0.3) is 0 Å². The number of para-hydroxylation sites is 1. The Balaban J connectivity index is 2.31. The summed E-state index contributed by atoms with van der Waals surface area (Å²) in [5.74, 6) is 0.378. The molecule has 5 nitrogen and oxygen atoms in total. The quantitative estimate of drug-likeness (QED) is 0.640. The van der Waals surface area contributed by atoms with Gasteiger partial charge in [0.15, 0.2) is 0 Å². The number of aliphatic hydroxyl groups is 1. The Labute approximate surface area is 113 Å². The summed E-state index contributed by atoms with van der Waals surface area (Å²) in [6.07, 6.45) is -0.694. The highest BCUT2D eigenvalue weighted by atomic mass is 16.5. The average molecular weight is 266 g/mol. The fourth-order valence-corrected chi connectivity index (χ4v) is 1.70. The third-order valence-electron chi connectivity index (χ3n) is 2.73. The summed E-state index contributed by atoms with van der Waals surface area (Å²) < 4.78 is 5.41. The molecule has 2 unspecified atom stereocenters. The smallest absolute Gasteiger partial charge is 0.234 e. The van der Waals surface area contributed by atoms with Gasteiger partial charge in [-0.3, -0.25) is 4.79 Å². The van der Waals surface area contributed by atoms with E-state index in [4.69, 9.17) is 10.5 Å². The minimum atomic E-state index is -0.694. The number of nitrogens with two attached hydrogens (primary N) is 1. The Bertz CT molecular complexity index is 382. The first-order valence-electron chi connectivity index (χ1n) is 6.39. The summed E-state index contributed by atoms with van der Waals surface area (Å²) in [7, 11) is 0. The molecule has 0 saturated heterocycles. The Morgan fingerprint density at radius 3 is 2.53 bits per heavy atom. The minimum absolute atomic E-state index is 0.0831. The Morgan fingerprint density at radius 1 is 1.37 bits per heavy atom. The molecule has 0 saturated carbocycles. The van der Waals surface area contributed by atoms with E-state index >= 15 is 0 Å². The number of carbonyl (C=O) groups is 1. The molecule has 0 fully saturated rings. The third-order valence-corrected chi connectivity index (χ3v) is 2.73. The summed E-state index contributed by atoms with van der Waals surface area (Å²) in [4.78, 5) is 11.2. The number of ether oxygens (including phenoxy) is 1. The highest BCUT2D eigenvalue weighted by Gasteiger charge is 2.19. The molecule has 4 N–H and O–H groups in total. The molecule has 0 spiro atoms. The van der Waals surface area contributed by atoms with E-state index in [2.05, 4.69) is 5.32 Å². The number of carbonyl (C=O) groups excluding carboxylic acids is 1. The molecule has 0 radical (unpaired) electrons. The molecule has 1 aromatic carbocycles. The van der Waals surface area contributed by atoms with Crippen molar-refractivity contribution in [3.63, 3.8) is 0 Å². The van der Waals surface area contributed by atoms with Crippen molar-refractivity contribution in [2.75, 3.05) is 13.2 Å². The highest BCUT2D eigenvalue weighted by Crippen LogP contribution is 2.08.